The van der Waals surface area contributed by atoms with Crippen LogP contribution in [0.4, 0.5) is 5.69 Å². The molecule has 0 aliphatic carbocycles. The van der Waals surface area contributed by atoms with E-state index < -0.39 is 5.97 Å². The molecule has 1 fully saturated rings. The second-order valence-corrected chi connectivity index (χ2v) is 5.62. The topological polar surface area (TPSA) is 75.4 Å². The van der Waals surface area contributed by atoms with Crippen LogP contribution in [0.3, 0.4) is 0 Å². The second-order valence-electron chi connectivity index (χ2n) is 5.62. The third kappa shape index (κ3) is 3.93. The summed E-state index contributed by atoms with van der Waals surface area (Å²) in [5.41, 5.74) is 0.847. The minimum Gasteiger partial charge on any atom is -0.478 e. The molecule has 0 aromatic carbocycles. The first-order valence-electron chi connectivity index (χ1n) is 7.19. The van der Waals surface area contributed by atoms with Crippen LogP contribution in [0, 0.1) is 5.92 Å². The van der Waals surface area contributed by atoms with Crippen molar-refractivity contribution in [1.29, 1.82) is 0 Å². The van der Waals surface area contributed by atoms with Gasteiger partial charge in [0, 0.05) is 24.7 Å². The molecule has 114 valence electrons. The Bertz CT molecular complexity index is 606. The van der Waals surface area contributed by atoms with Crippen LogP contribution in [-0.4, -0.2) is 33.9 Å². The van der Waals surface area contributed by atoms with E-state index in [4.69, 9.17) is 5.11 Å². The summed E-state index contributed by atoms with van der Waals surface area (Å²) in [5.74, 6) is -0.357. The predicted molar refractivity (Wildman–Crippen MR) is 80.5 cm³/mol. The molecule has 6 heteroatoms. The van der Waals surface area contributed by atoms with Gasteiger partial charge in [0.1, 0.15) is 0 Å². The maximum atomic E-state index is 12.0. The number of carboxylic acids is 1. The number of allylic oxidation sites excluding steroid dienone is 1. The summed E-state index contributed by atoms with van der Waals surface area (Å²) in [5, 5.41) is 12.9. The highest BCUT2D eigenvalue weighted by Gasteiger charge is 2.17. The van der Waals surface area contributed by atoms with E-state index in [0.717, 1.165) is 25.2 Å². The van der Waals surface area contributed by atoms with Crippen molar-refractivity contribution in [2.24, 2.45) is 5.92 Å². The number of hydrogen-bond donors (Lipinski definition) is 1. The molecule has 6 nitrogen and oxygen atoms in total. The first-order valence-corrected chi connectivity index (χ1v) is 7.19. The Morgan fingerprint density at radius 1 is 1.57 bits per heavy atom. The highest BCUT2D eigenvalue weighted by atomic mass is 16.4. The Morgan fingerprint density at radius 3 is 2.95 bits per heavy atom. The number of piperidine rings is 1. The summed E-state index contributed by atoms with van der Waals surface area (Å²) in [6.07, 6.45) is 5.52. The molecule has 2 heterocycles. The average molecular weight is 291 g/mol. The molecule has 0 saturated carbocycles. The molecule has 1 aliphatic heterocycles. The Balaban J connectivity index is 2.12. The van der Waals surface area contributed by atoms with E-state index in [-0.39, 0.29) is 17.7 Å². The lowest BCUT2D eigenvalue weighted by atomic mass is 10.00. The predicted octanol–water partition coefficient (Wildman–Crippen LogP) is 1.51. The van der Waals surface area contributed by atoms with Crippen molar-refractivity contribution in [3.05, 3.63) is 34.3 Å². The van der Waals surface area contributed by atoms with Crippen molar-refractivity contribution in [2.75, 3.05) is 18.0 Å². The van der Waals surface area contributed by atoms with Crippen LogP contribution >= 0.6 is 0 Å². The zero-order valence-electron chi connectivity index (χ0n) is 12.5. The molecular weight excluding hydrogens is 270 g/mol. The van der Waals surface area contributed by atoms with E-state index in [1.54, 1.807) is 12.3 Å². The third-order valence-electron chi connectivity index (χ3n) is 3.79. The Labute approximate surface area is 123 Å². The summed E-state index contributed by atoms with van der Waals surface area (Å²) in [4.78, 5) is 24.9. The molecule has 1 aliphatic rings. The first kappa shape index (κ1) is 15.3. The van der Waals surface area contributed by atoms with Gasteiger partial charge in [0.25, 0.3) is 5.56 Å². The maximum absolute atomic E-state index is 12.0. The number of aliphatic carboxylic acids is 1. The minimum absolute atomic E-state index is 0.174. The molecular formula is C15H21N3O3. The highest BCUT2D eigenvalue weighted by Crippen LogP contribution is 2.20. The lowest BCUT2D eigenvalue weighted by molar-refractivity contribution is -0.132. The molecule has 0 bridgehead atoms. The number of anilines is 1. The quantitative estimate of drug-likeness (QED) is 0.851. The van der Waals surface area contributed by atoms with E-state index in [1.165, 1.54) is 24.1 Å². The number of carboxylic acid groups (broad SMARTS) is 1. The highest BCUT2D eigenvalue weighted by molar-refractivity contribution is 5.85. The molecule has 0 radical (unpaired) electrons. The summed E-state index contributed by atoms with van der Waals surface area (Å²) >= 11 is 0. The van der Waals surface area contributed by atoms with Crippen LogP contribution in [-0.2, 0) is 11.3 Å². The molecule has 1 N–H and O–H groups in total. The fourth-order valence-corrected chi connectivity index (χ4v) is 2.47. The molecule has 21 heavy (non-hydrogen) atoms. The van der Waals surface area contributed by atoms with Crippen LogP contribution in [0.1, 0.15) is 26.7 Å². The summed E-state index contributed by atoms with van der Waals surface area (Å²) < 4.78 is 1.27. The summed E-state index contributed by atoms with van der Waals surface area (Å²) in [6, 6.07) is 1.58. The Morgan fingerprint density at radius 2 is 2.33 bits per heavy atom. The SMILES string of the molecule is C/C(=C/Cn1ncc(N2CCCC(C)C2)cc1=O)C(=O)O. The van der Waals surface area contributed by atoms with Crippen LogP contribution in [0.15, 0.2) is 28.7 Å². The van der Waals surface area contributed by atoms with Gasteiger partial charge in [0.15, 0.2) is 0 Å². The first-order chi connectivity index (χ1) is 9.97. The van der Waals surface area contributed by atoms with Crippen LogP contribution in [0.25, 0.3) is 0 Å². The third-order valence-corrected chi connectivity index (χ3v) is 3.79. The number of hydrogen-bond acceptors (Lipinski definition) is 4. The van der Waals surface area contributed by atoms with Crippen molar-refractivity contribution in [1.82, 2.24) is 9.78 Å². The zero-order valence-corrected chi connectivity index (χ0v) is 12.5. The van der Waals surface area contributed by atoms with Gasteiger partial charge in [0.2, 0.25) is 0 Å². The minimum atomic E-state index is -0.984. The Hall–Kier alpha value is -2.11. The zero-order chi connectivity index (χ0) is 15.4. The van der Waals surface area contributed by atoms with Gasteiger partial charge < -0.3 is 10.0 Å². The lowest BCUT2D eigenvalue weighted by Gasteiger charge is -2.32. The molecule has 1 saturated heterocycles. The number of aromatic nitrogens is 2. The smallest absolute Gasteiger partial charge is 0.331 e. The van der Waals surface area contributed by atoms with Gasteiger partial charge in [-0.2, -0.15) is 5.10 Å². The van der Waals surface area contributed by atoms with E-state index in [9.17, 15) is 9.59 Å². The van der Waals surface area contributed by atoms with Crippen LogP contribution in [0.2, 0.25) is 0 Å². The van der Waals surface area contributed by atoms with E-state index in [0.29, 0.717) is 5.92 Å². The van der Waals surface area contributed by atoms with Gasteiger partial charge in [-0.3, -0.25) is 4.79 Å². The van der Waals surface area contributed by atoms with Gasteiger partial charge in [-0.15, -0.1) is 0 Å². The summed E-state index contributed by atoms with van der Waals surface area (Å²) in [7, 11) is 0. The largest absolute Gasteiger partial charge is 0.478 e. The number of carbonyl (C=O) groups is 1. The van der Waals surface area contributed by atoms with Crippen molar-refractivity contribution < 1.29 is 9.90 Å². The van der Waals surface area contributed by atoms with Crippen molar-refractivity contribution in [2.45, 2.75) is 33.2 Å². The van der Waals surface area contributed by atoms with Crippen molar-refractivity contribution in [3.8, 4) is 0 Å². The normalized spacial score (nSPS) is 19.6. The van der Waals surface area contributed by atoms with Gasteiger partial charge in [-0.25, -0.2) is 9.48 Å². The van der Waals surface area contributed by atoms with E-state index in [1.807, 2.05) is 0 Å². The molecule has 1 unspecified atom stereocenters. The van der Waals surface area contributed by atoms with E-state index in [2.05, 4.69) is 16.9 Å². The molecule has 1 aromatic heterocycles. The molecule has 1 atom stereocenters. The molecule has 0 spiro atoms. The van der Waals surface area contributed by atoms with E-state index >= 15 is 0 Å². The van der Waals surface area contributed by atoms with Gasteiger partial charge in [-0.1, -0.05) is 13.0 Å². The second kappa shape index (κ2) is 6.56. The van der Waals surface area contributed by atoms with Gasteiger partial charge in [-0.05, 0) is 25.7 Å². The average Bonchev–Trinajstić information content (AvgIpc) is 2.45. The van der Waals surface area contributed by atoms with Crippen molar-refractivity contribution >= 4 is 11.7 Å². The maximum Gasteiger partial charge on any atom is 0.331 e. The fraction of sp³-hybridized carbons (Fsp3) is 0.533. The summed E-state index contributed by atoms with van der Waals surface area (Å²) in [6.45, 7) is 5.78. The van der Waals surface area contributed by atoms with Crippen LogP contribution < -0.4 is 10.5 Å². The molecule has 0 amide bonds. The molecule has 2 rings (SSSR count). The number of rotatable bonds is 4. The van der Waals surface area contributed by atoms with Gasteiger partial charge in [0.05, 0.1) is 18.4 Å². The monoisotopic (exact) mass is 291 g/mol. The lowest BCUT2D eigenvalue weighted by Crippen LogP contribution is -2.35. The Kier molecular flexibility index (Phi) is 4.77. The van der Waals surface area contributed by atoms with Crippen molar-refractivity contribution in [3.63, 3.8) is 0 Å². The number of nitrogens with zero attached hydrogens (tertiary/aromatic N) is 3. The molecule has 1 aromatic rings. The standard InChI is InChI=1S/C15H21N3O3/c1-11-4-3-6-17(10-11)13-8-14(19)18(16-9-13)7-5-12(2)15(20)21/h5,8-9,11H,3-4,6-7,10H2,1-2H3,(H,20,21)/b12-5-. The fourth-order valence-electron chi connectivity index (χ4n) is 2.47. The van der Waals surface area contributed by atoms with Crippen LogP contribution in [0.5, 0.6) is 0 Å². The van der Waals surface area contributed by atoms with Gasteiger partial charge >= 0.3 is 5.97 Å².